The van der Waals surface area contributed by atoms with Crippen molar-refractivity contribution in [1.82, 2.24) is 0 Å². The molecular formula is C28H54Cl2N2. The zero-order valence-corrected chi connectivity index (χ0v) is 23.1. The zero-order valence-electron chi connectivity index (χ0n) is 21.5. The second-order valence-electron chi connectivity index (χ2n) is 9.42. The summed E-state index contributed by atoms with van der Waals surface area (Å²) in [6, 6.07) is 10.9. The van der Waals surface area contributed by atoms with Crippen molar-refractivity contribution >= 4 is 12.4 Å². The van der Waals surface area contributed by atoms with Crippen LogP contribution < -0.4 is 18.1 Å². The first-order valence-electron chi connectivity index (χ1n) is 12.7. The van der Waals surface area contributed by atoms with Crippen LogP contribution in [0.25, 0.3) is 0 Å². The van der Waals surface area contributed by atoms with Gasteiger partial charge in [-0.2, -0.15) is 0 Å². The second kappa shape index (κ2) is 26.7. The van der Waals surface area contributed by atoms with Crippen LogP contribution in [0.2, 0.25) is 0 Å². The number of benzene rings is 1. The minimum atomic E-state index is 0. The average Bonchev–Trinajstić information content (AvgIpc) is 2.74. The highest BCUT2D eigenvalue weighted by Crippen LogP contribution is 2.14. The van der Waals surface area contributed by atoms with Crippen LogP contribution in [0.3, 0.4) is 0 Å². The maximum Gasteiger partial charge on any atom is 0.104 e. The average molecular weight is 490 g/mol. The SMILES string of the molecule is C=CCN.CCCCCCCCCCCCCCCC[N+](C)(C)Cc1ccccc1.Cl.[Cl-]. The number of quaternary nitrogens is 1. The number of halogens is 2. The smallest absolute Gasteiger partial charge is 0.104 e. The number of hydrogen-bond donors (Lipinski definition) is 1. The van der Waals surface area contributed by atoms with E-state index in [0.717, 1.165) is 11.0 Å². The van der Waals surface area contributed by atoms with Gasteiger partial charge in [0.05, 0.1) is 20.6 Å². The molecule has 0 aliphatic carbocycles. The molecule has 190 valence electrons. The second-order valence-corrected chi connectivity index (χ2v) is 9.42. The van der Waals surface area contributed by atoms with Gasteiger partial charge in [-0.25, -0.2) is 0 Å². The molecule has 0 bridgehead atoms. The molecule has 0 radical (unpaired) electrons. The number of nitrogens with two attached hydrogens (primary N) is 1. The highest BCUT2D eigenvalue weighted by molar-refractivity contribution is 5.85. The molecule has 0 saturated carbocycles. The molecule has 0 fully saturated rings. The van der Waals surface area contributed by atoms with E-state index in [0.29, 0.717) is 6.54 Å². The lowest BCUT2D eigenvalue weighted by molar-refractivity contribution is -0.903. The van der Waals surface area contributed by atoms with Crippen LogP contribution in [-0.4, -0.2) is 31.7 Å². The van der Waals surface area contributed by atoms with Crippen molar-refractivity contribution in [3.8, 4) is 0 Å². The number of hydrogen-bond acceptors (Lipinski definition) is 1. The lowest BCUT2D eigenvalue weighted by atomic mass is 10.0. The van der Waals surface area contributed by atoms with Gasteiger partial charge in [0.2, 0.25) is 0 Å². The molecule has 0 heterocycles. The third-order valence-corrected chi connectivity index (χ3v) is 5.74. The molecule has 0 unspecified atom stereocenters. The minimum Gasteiger partial charge on any atom is -1.00 e. The van der Waals surface area contributed by atoms with Gasteiger partial charge in [-0.15, -0.1) is 19.0 Å². The standard InChI is InChI=1S/C25H46N.C3H7N.2ClH/c1-4-5-6-7-8-9-10-11-12-13-14-15-16-20-23-26(2,3)24-25-21-18-17-19-22-25;1-2-3-4;;/h17-19,21-22H,4-16,20,23-24H2,1-3H3;2H,1,3-4H2;2*1H/q+1;;;/p-1. The van der Waals surface area contributed by atoms with E-state index in [1.165, 1.54) is 102 Å². The van der Waals surface area contributed by atoms with Gasteiger partial charge in [0, 0.05) is 12.1 Å². The van der Waals surface area contributed by atoms with Gasteiger partial charge >= 0.3 is 0 Å². The van der Waals surface area contributed by atoms with Gasteiger partial charge in [0.1, 0.15) is 6.54 Å². The maximum absolute atomic E-state index is 4.91. The van der Waals surface area contributed by atoms with Gasteiger partial charge < -0.3 is 22.6 Å². The first kappa shape index (κ1) is 36.0. The lowest BCUT2D eigenvalue weighted by Crippen LogP contribution is -3.00. The summed E-state index contributed by atoms with van der Waals surface area (Å²) in [5, 5.41) is 0. The zero-order chi connectivity index (χ0) is 22.3. The van der Waals surface area contributed by atoms with E-state index >= 15 is 0 Å². The Morgan fingerprint density at radius 1 is 0.750 bits per heavy atom. The van der Waals surface area contributed by atoms with Crippen molar-refractivity contribution < 1.29 is 16.9 Å². The van der Waals surface area contributed by atoms with Crippen molar-refractivity contribution in [3.63, 3.8) is 0 Å². The first-order chi connectivity index (χ1) is 14.6. The summed E-state index contributed by atoms with van der Waals surface area (Å²) in [6.07, 6.45) is 21.8. The van der Waals surface area contributed by atoms with Crippen LogP contribution in [0.15, 0.2) is 43.0 Å². The van der Waals surface area contributed by atoms with E-state index in [1.807, 2.05) is 0 Å². The van der Waals surface area contributed by atoms with E-state index in [4.69, 9.17) is 5.73 Å². The molecule has 0 atom stereocenters. The Morgan fingerprint density at radius 3 is 1.50 bits per heavy atom. The summed E-state index contributed by atoms with van der Waals surface area (Å²) in [5.74, 6) is 0. The fourth-order valence-corrected chi connectivity index (χ4v) is 3.89. The molecule has 0 saturated heterocycles. The molecule has 2 nitrogen and oxygen atoms in total. The molecular weight excluding hydrogens is 435 g/mol. The molecule has 32 heavy (non-hydrogen) atoms. The molecule has 1 rings (SSSR count). The van der Waals surface area contributed by atoms with Gasteiger partial charge in [0.25, 0.3) is 0 Å². The van der Waals surface area contributed by atoms with Crippen LogP contribution in [-0.2, 0) is 6.54 Å². The van der Waals surface area contributed by atoms with Crippen molar-refractivity contribution in [2.24, 2.45) is 5.73 Å². The Kier molecular flexibility index (Phi) is 30.1. The highest BCUT2D eigenvalue weighted by Gasteiger charge is 2.14. The van der Waals surface area contributed by atoms with Crippen molar-refractivity contribution in [2.45, 2.75) is 103 Å². The van der Waals surface area contributed by atoms with Crippen molar-refractivity contribution in [1.29, 1.82) is 0 Å². The summed E-state index contributed by atoms with van der Waals surface area (Å²) >= 11 is 0. The van der Waals surface area contributed by atoms with E-state index in [9.17, 15) is 0 Å². The fraction of sp³-hybridized carbons (Fsp3) is 0.714. The molecule has 0 aliphatic heterocycles. The Morgan fingerprint density at radius 2 is 1.12 bits per heavy atom. The first-order valence-corrected chi connectivity index (χ1v) is 12.7. The Hall–Kier alpha value is -0.540. The number of nitrogens with zero attached hydrogens (tertiary/aromatic N) is 1. The monoisotopic (exact) mass is 488 g/mol. The minimum absolute atomic E-state index is 0. The maximum atomic E-state index is 4.91. The number of rotatable bonds is 18. The summed E-state index contributed by atoms with van der Waals surface area (Å²) in [7, 11) is 4.74. The van der Waals surface area contributed by atoms with E-state index in [-0.39, 0.29) is 24.8 Å². The lowest BCUT2D eigenvalue weighted by Gasteiger charge is -2.30. The predicted molar refractivity (Wildman–Crippen MR) is 144 cm³/mol. The van der Waals surface area contributed by atoms with Crippen LogP contribution in [0.4, 0.5) is 0 Å². The van der Waals surface area contributed by atoms with Gasteiger partial charge in [-0.3, -0.25) is 0 Å². The Bertz CT molecular complexity index is 478. The molecule has 1 aromatic carbocycles. The molecule has 2 N–H and O–H groups in total. The van der Waals surface area contributed by atoms with Crippen molar-refractivity contribution in [3.05, 3.63) is 48.6 Å². The van der Waals surface area contributed by atoms with E-state index < -0.39 is 0 Å². The van der Waals surface area contributed by atoms with Crippen LogP contribution in [0.5, 0.6) is 0 Å². The Labute approximate surface area is 213 Å². The van der Waals surface area contributed by atoms with Crippen LogP contribution in [0, 0.1) is 0 Å². The summed E-state index contributed by atoms with van der Waals surface area (Å²) in [5.41, 5.74) is 6.37. The van der Waals surface area contributed by atoms with E-state index in [1.54, 1.807) is 6.08 Å². The molecule has 0 amide bonds. The molecule has 0 aromatic heterocycles. The van der Waals surface area contributed by atoms with Gasteiger partial charge in [-0.05, 0) is 12.8 Å². The van der Waals surface area contributed by atoms with Crippen LogP contribution in [0.1, 0.15) is 102 Å². The summed E-state index contributed by atoms with van der Waals surface area (Å²) in [6.45, 7) is 8.68. The highest BCUT2D eigenvalue weighted by atomic mass is 35.5. The normalized spacial score (nSPS) is 10.4. The van der Waals surface area contributed by atoms with Crippen molar-refractivity contribution in [2.75, 3.05) is 27.2 Å². The molecule has 4 heteroatoms. The summed E-state index contributed by atoms with van der Waals surface area (Å²) in [4.78, 5) is 0. The van der Waals surface area contributed by atoms with Crippen LogP contribution >= 0.6 is 12.4 Å². The van der Waals surface area contributed by atoms with Gasteiger partial charge in [-0.1, -0.05) is 120 Å². The third kappa shape index (κ3) is 25.7. The quantitative estimate of drug-likeness (QED) is 0.169. The largest absolute Gasteiger partial charge is 1.00 e. The Balaban J connectivity index is -0.00000129. The predicted octanol–water partition coefficient (Wildman–Crippen LogP) is 5.30. The molecule has 0 aliphatic rings. The van der Waals surface area contributed by atoms with Gasteiger partial charge in [0.15, 0.2) is 0 Å². The van der Waals surface area contributed by atoms with E-state index in [2.05, 4.69) is 57.9 Å². The fourth-order valence-electron chi connectivity index (χ4n) is 3.89. The molecule has 1 aromatic rings. The number of unbranched alkanes of at least 4 members (excludes halogenated alkanes) is 13. The topological polar surface area (TPSA) is 26.0 Å². The third-order valence-electron chi connectivity index (χ3n) is 5.74. The summed E-state index contributed by atoms with van der Waals surface area (Å²) < 4.78 is 1.11. The molecule has 0 spiro atoms.